The third kappa shape index (κ3) is 6.51. The van der Waals surface area contributed by atoms with Gasteiger partial charge in [0.2, 0.25) is 0 Å². The number of amides is 2. The van der Waals surface area contributed by atoms with E-state index in [9.17, 15) is 24.3 Å². The first kappa shape index (κ1) is 34.1. The number of esters is 1. The zero-order valence-corrected chi connectivity index (χ0v) is 29.3. The molecule has 3 aliphatic rings. The zero-order valence-electron chi connectivity index (χ0n) is 26.8. The van der Waals surface area contributed by atoms with Gasteiger partial charge in [-0.15, -0.1) is 23.1 Å². The van der Waals surface area contributed by atoms with E-state index in [4.69, 9.17) is 14.6 Å². The number of carbonyl (C=O) groups is 4. The zero-order chi connectivity index (χ0) is 35.5. The number of aromatic nitrogens is 1. The molecule has 0 unspecified atom stereocenters. The molecule has 51 heavy (non-hydrogen) atoms. The molecule has 0 aliphatic carbocycles. The Bertz CT molecular complexity index is 1990. The number of thiazole rings is 1. The van der Waals surface area contributed by atoms with Crippen LogP contribution in [-0.2, 0) is 34.3 Å². The first-order valence-electron chi connectivity index (χ1n) is 15.6. The fraction of sp³-hybridized carbons (Fsp3) is 0.167. The third-order valence-corrected chi connectivity index (χ3v) is 11.7. The second-order valence-corrected chi connectivity index (χ2v) is 14.6. The minimum absolute atomic E-state index is 0.0435. The number of β-lactam (4-membered cyclic amide) rings is 1. The first-order valence-corrected chi connectivity index (χ1v) is 18.3. The summed E-state index contributed by atoms with van der Waals surface area (Å²) in [7, 11) is 1.30. The van der Waals surface area contributed by atoms with Crippen LogP contribution < -0.4 is 10.6 Å². The van der Waals surface area contributed by atoms with Crippen molar-refractivity contribution >= 4 is 69.5 Å². The fourth-order valence-corrected chi connectivity index (χ4v) is 9.39. The summed E-state index contributed by atoms with van der Waals surface area (Å²) in [5, 5.41) is 21.9. The van der Waals surface area contributed by atoms with Gasteiger partial charge in [0.05, 0.1) is 0 Å². The Morgan fingerprint density at radius 2 is 1.61 bits per heavy atom. The summed E-state index contributed by atoms with van der Waals surface area (Å²) >= 11 is 3.68. The van der Waals surface area contributed by atoms with E-state index in [1.165, 1.54) is 36.3 Å². The smallest absolute Gasteiger partial charge is 0.353 e. The summed E-state index contributed by atoms with van der Waals surface area (Å²) in [5.74, 6) is -2.82. The molecule has 1 saturated heterocycles. The van der Waals surface area contributed by atoms with E-state index in [0.29, 0.717) is 14.9 Å². The lowest BCUT2D eigenvalue weighted by Gasteiger charge is -2.49. The third-order valence-electron chi connectivity index (χ3n) is 8.37. The maximum Gasteiger partial charge on any atom is 0.353 e. The Morgan fingerprint density at radius 3 is 2.14 bits per heavy atom. The number of benzene rings is 3. The highest BCUT2D eigenvalue weighted by molar-refractivity contribution is 8.09. The largest absolute Gasteiger partial charge is 0.477 e. The van der Waals surface area contributed by atoms with Gasteiger partial charge >= 0.3 is 11.9 Å². The van der Waals surface area contributed by atoms with E-state index in [1.807, 2.05) is 91.0 Å². The van der Waals surface area contributed by atoms with Crippen LogP contribution in [0.5, 0.6) is 0 Å². The highest BCUT2D eigenvalue weighted by Crippen LogP contribution is 2.46. The van der Waals surface area contributed by atoms with Crippen LogP contribution in [0.2, 0.25) is 0 Å². The van der Waals surface area contributed by atoms with Crippen molar-refractivity contribution in [3.8, 4) is 0 Å². The summed E-state index contributed by atoms with van der Waals surface area (Å²) < 4.78 is 4.92. The Labute approximate surface area is 304 Å². The minimum Gasteiger partial charge on any atom is -0.477 e. The summed E-state index contributed by atoms with van der Waals surface area (Å²) in [6.45, 7) is 0.0435. The number of rotatable bonds is 12. The van der Waals surface area contributed by atoms with Gasteiger partial charge < -0.3 is 25.3 Å². The average Bonchev–Trinajstić information content (AvgIpc) is 3.80. The van der Waals surface area contributed by atoms with E-state index < -0.39 is 40.7 Å². The molecule has 15 heteroatoms. The number of anilines is 1. The van der Waals surface area contributed by atoms with Crippen molar-refractivity contribution in [2.45, 2.75) is 17.0 Å². The van der Waals surface area contributed by atoms with Crippen molar-refractivity contribution in [2.75, 3.05) is 24.8 Å². The Hall–Kier alpha value is -5.38. The SMILES string of the molecule is CON=C(C(=O)N[C@@H]1C(=O)N2C(C(=O)O)=C(SC3=CC(=O)OC3)CS[C@@H]12)c1csc(NC(c2ccccc2)(c2ccccc2)c2ccccc2)n1. The highest BCUT2D eigenvalue weighted by Gasteiger charge is 2.55. The molecule has 3 N–H and O–H groups in total. The van der Waals surface area contributed by atoms with Crippen LogP contribution in [0, 0.1) is 0 Å². The quantitative estimate of drug-likeness (QED) is 0.0604. The monoisotopic (exact) mass is 739 g/mol. The van der Waals surface area contributed by atoms with Gasteiger partial charge in [0.15, 0.2) is 10.8 Å². The average molecular weight is 740 g/mol. The molecule has 3 aromatic carbocycles. The van der Waals surface area contributed by atoms with Gasteiger partial charge in [-0.2, -0.15) is 0 Å². The molecular weight excluding hydrogens is 711 g/mol. The van der Waals surface area contributed by atoms with Crippen molar-refractivity contribution in [1.29, 1.82) is 0 Å². The number of fused-ring (bicyclic) bond motifs is 1. The second kappa shape index (κ2) is 14.5. The standard InChI is InChI=1S/C36H29N5O7S3/c1-47-40-28(31(43)38-29-32(44)41-30(34(45)46)26(20-49-33(29)41)51-24-17-27(42)48-18-24)25-19-50-35(37-25)39-36(21-11-5-2-6-12-21,22-13-7-3-8-14-22)23-15-9-4-10-16-23/h2-17,19,29,33H,18,20H2,1H3,(H,37,39)(H,38,43)(H,45,46)/t29-,33+/m1/s1. The molecule has 0 saturated carbocycles. The Kier molecular flexibility index (Phi) is 9.67. The number of ether oxygens (including phenoxy) is 1. The van der Waals surface area contributed by atoms with E-state index in [-0.39, 0.29) is 29.5 Å². The molecule has 12 nitrogen and oxygen atoms in total. The van der Waals surface area contributed by atoms with Gasteiger partial charge in [0.1, 0.15) is 42.1 Å². The molecule has 2 atom stereocenters. The van der Waals surface area contributed by atoms with Gasteiger partial charge in [0.25, 0.3) is 11.8 Å². The molecule has 0 bridgehead atoms. The number of hydrogen-bond donors (Lipinski definition) is 3. The van der Waals surface area contributed by atoms with Crippen LogP contribution in [0.1, 0.15) is 22.4 Å². The van der Waals surface area contributed by atoms with Crippen LogP contribution in [0.3, 0.4) is 0 Å². The van der Waals surface area contributed by atoms with Crippen molar-refractivity contribution in [1.82, 2.24) is 15.2 Å². The van der Waals surface area contributed by atoms with Gasteiger partial charge in [0, 0.05) is 27.0 Å². The summed E-state index contributed by atoms with van der Waals surface area (Å²) in [5.41, 5.74) is 1.94. The topological polar surface area (TPSA) is 160 Å². The lowest BCUT2D eigenvalue weighted by atomic mass is 9.77. The maximum absolute atomic E-state index is 13.7. The number of oxime groups is 1. The number of carboxylic acid groups (broad SMARTS) is 1. The van der Waals surface area contributed by atoms with Crippen molar-refractivity contribution in [2.24, 2.45) is 5.16 Å². The first-order chi connectivity index (χ1) is 24.8. The minimum atomic E-state index is -1.28. The van der Waals surface area contributed by atoms with Gasteiger partial charge in [-0.1, -0.05) is 108 Å². The Morgan fingerprint density at radius 1 is 1.00 bits per heavy atom. The number of carboxylic acids is 1. The van der Waals surface area contributed by atoms with Crippen LogP contribution in [0.25, 0.3) is 0 Å². The molecule has 4 heterocycles. The highest BCUT2D eigenvalue weighted by atomic mass is 32.2. The molecular formula is C36H29N5O7S3. The molecule has 1 fully saturated rings. The van der Waals surface area contributed by atoms with E-state index in [0.717, 1.165) is 33.4 Å². The second-order valence-electron chi connectivity index (χ2n) is 11.4. The van der Waals surface area contributed by atoms with Gasteiger partial charge in [-0.05, 0) is 16.7 Å². The molecule has 2 amide bonds. The lowest BCUT2D eigenvalue weighted by molar-refractivity contribution is -0.150. The molecule has 258 valence electrons. The van der Waals surface area contributed by atoms with Crippen LogP contribution in [0.4, 0.5) is 5.13 Å². The number of thioether (sulfide) groups is 2. The molecule has 4 aromatic rings. The molecule has 1 aromatic heterocycles. The predicted molar refractivity (Wildman–Crippen MR) is 195 cm³/mol. The van der Waals surface area contributed by atoms with Crippen LogP contribution >= 0.6 is 34.9 Å². The lowest BCUT2D eigenvalue weighted by Crippen LogP contribution is -2.71. The summed E-state index contributed by atoms with van der Waals surface area (Å²) in [4.78, 5) is 62.8. The maximum atomic E-state index is 13.7. The molecule has 0 radical (unpaired) electrons. The van der Waals surface area contributed by atoms with Crippen LogP contribution in [0.15, 0.2) is 123 Å². The van der Waals surface area contributed by atoms with Crippen molar-refractivity contribution < 1.29 is 33.9 Å². The molecule has 3 aliphatic heterocycles. The number of carbonyl (C=O) groups excluding carboxylic acids is 3. The summed E-state index contributed by atoms with van der Waals surface area (Å²) in [6.07, 6.45) is 1.30. The van der Waals surface area contributed by atoms with E-state index in [2.05, 4.69) is 15.8 Å². The van der Waals surface area contributed by atoms with E-state index in [1.54, 1.807) is 5.38 Å². The Balaban J connectivity index is 1.14. The normalized spacial score (nSPS) is 18.7. The van der Waals surface area contributed by atoms with E-state index >= 15 is 0 Å². The number of cyclic esters (lactones) is 1. The molecule has 0 spiro atoms. The fourth-order valence-electron chi connectivity index (χ4n) is 6.13. The van der Waals surface area contributed by atoms with Crippen molar-refractivity contribution in [3.63, 3.8) is 0 Å². The van der Waals surface area contributed by atoms with Gasteiger partial charge in [-0.25, -0.2) is 14.6 Å². The van der Waals surface area contributed by atoms with Crippen LogP contribution in [-0.4, -0.2) is 75.3 Å². The van der Waals surface area contributed by atoms with Crippen molar-refractivity contribution in [3.05, 3.63) is 140 Å². The predicted octanol–water partition coefficient (Wildman–Crippen LogP) is 4.77. The number of nitrogens with one attached hydrogen (secondary N) is 2. The summed E-state index contributed by atoms with van der Waals surface area (Å²) in [6, 6.07) is 29.0. The van der Waals surface area contributed by atoms with Gasteiger partial charge in [-0.3, -0.25) is 14.5 Å². The number of aliphatic carboxylic acids is 1. The molecule has 7 rings (SSSR count). The number of hydrogen-bond acceptors (Lipinski definition) is 12. The number of nitrogens with zero attached hydrogens (tertiary/aromatic N) is 3.